The van der Waals surface area contributed by atoms with E-state index in [0.29, 0.717) is 11.1 Å². The summed E-state index contributed by atoms with van der Waals surface area (Å²) >= 11 is 0. The van der Waals surface area contributed by atoms with E-state index in [4.69, 9.17) is 0 Å². The third-order valence-corrected chi connectivity index (χ3v) is 4.17. The second-order valence-electron chi connectivity index (χ2n) is 8.40. The molecule has 4 radical (unpaired) electrons. The van der Waals surface area contributed by atoms with Crippen LogP contribution in [-0.4, -0.2) is 22.9 Å². The van der Waals surface area contributed by atoms with Crippen LogP contribution in [0, 0.1) is 0 Å². The number of rotatable bonds is 2. The summed E-state index contributed by atoms with van der Waals surface area (Å²) in [5.74, 6) is -1.41. The van der Waals surface area contributed by atoms with Gasteiger partial charge in [0.05, 0.1) is 11.1 Å². The van der Waals surface area contributed by atoms with E-state index in [2.05, 4.69) is 51.3 Å². The summed E-state index contributed by atoms with van der Waals surface area (Å²) in [6.45, 7) is 12.5. The van der Waals surface area contributed by atoms with Gasteiger partial charge < -0.3 is 0 Å². The molecule has 0 aromatic heterocycles. The third kappa shape index (κ3) is 6.07. The van der Waals surface area contributed by atoms with Crippen LogP contribution in [0.25, 0.3) is 0 Å². The summed E-state index contributed by atoms with van der Waals surface area (Å²) in [4.78, 5) is 33.4. The van der Waals surface area contributed by atoms with Crippen molar-refractivity contribution in [1.29, 1.82) is 0 Å². The second kappa shape index (κ2) is 8.52. The van der Waals surface area contributed by atoms with Crippen molar-refractivity contribution in [3.63, 3.8) is 0 Å². The van der Waals surface area contributed by atoms with Gasteiger partial charge in [0, 0.05) is 11.0 Å². The van der Waals surface area contributed by atoms with Crippen LogP contribution in [0.1, 0.15) is 73.4 Å². The van der Waals surface area contributed by atoms with E-state index in [9.17, 15) is 9.59 Å². The summed E-state index contributed by atoms with van der Waals surface area (Å²) < 4.78 is 0. The zero-order valence-corrected chi connectivity index (χ0v) is 17.8. The molecular formula is C22H26O4Si. The van der Waals surface area contributed by atoms with Crippen molar-refractivity contribution < 1.29 is 19.4 Å². The molecule has 0 fully saturated rings. The molecule has 0 saturated carbocycles. The van der Waals surface area contributed by atoms with Gasteiger partial charge in [0.25, 0.3) is 0 Å². The molecule has 0 bridgehead atoms. The first-order chi connectivity index (χ1) is 12.0. The molecule has 0 saturated heterocycles. The van der Waals surface area contributed by atoms with Crippen molar-refractivity contribution >= 4 is 22.9 Å². The van der Waals surface area contributed by atoms with Gasteiger partial charge in [-0.15, -0.1) is 0 Å². The van der Waals surface area contributed by atoms with Crippen molar-refractivity contribution in [2.45, 2.75) is 52.4 Å². The molecular weight excluding hydrogens is 356 g/mol. The van der Waals surface area contributed by atoms with E-state index in [1.54, 1.807) is 24.3 Å². The first kappa shape index (κ1) is 22.6. The summed E-state index contributed by atoms with van der Waals surface area (Å²) in [6, 6.07) is 14.1. The van der Waals surface area contributed by atoms with Gasteiger partial charge in [-0.1, -0.05) is 65.8 Å². The Kier molecular flexibility index (Phi) is 7.15. The average Bonchev–Trinajstić information content (AvgIpc) is 2.58. The lowest BCUT2D eigenvalue weighted by Gasteiger charge is -2.19. The Labute approximate surface area is 165 Å². The van der Waals surface area contributed by atoms with Crippen LogP contribution in [0.5, 0.6) is 0 Å². The lowest BCUT2D eigenvalue weighted by atomic mass is 9.87. The largest absolute Gasteiger partial charge is 0.386 e. The predicted molar refractivity (Wildman–Crippen MR) is 107 cm³/mol. The Morgan fingerprint density at radius 3 is 1.07 bits per heavy atom. The van der Waals surface area contributed by atoms with Crippen LogP contribution in [0.2, 0.25) is 0 Å². The average molecular weight is 383 g/mol. The number of benzene rings is 2. The van der Waals surface area contributed by atoms with E-state index < -0.39 is 11.9 Å². The van der Waals surface area contributed by atoms with Gasteiger partial charge in [-0.05, 0) is 46.2 Å². The molecule has 0 aliphatic rings. The minimum Gasteiger partial charge on any atom is -0.242 e. The molecule has 0 aliphatic carbocycles. The zero-order valence-electron chi connectivity index (χ0n) is 16.8. The summed E-state index contributed by atoms with van der Waals surface area (Å²) in [5, 5.41) is 0. The van der Waals surface area contributed by atoms with Gasteiger partial charge in [-0.2, -0.15) is 0 Å². The Bertz CT molecular complexity index is 710. The number of hydrogen-bond donors (Lipinski definition) is 0. The van der Waals surface area contributed by atoms with E-state index in [1.165, 1.54) is 0 Å². The van der Waals surface area contributed by atoms with E-state index in [1.807, 2.05) is 24.3 Å². The first-order valence-electron chi connectivity index (χ1n) is 8.63. The molecule has 0 amide bonds. The van der Waals surface area contributed by atoms with Crippen molar-refractivity contribution in [3.8, 4) is 0 Å². The Balaban J connectivity index is 0.00000364. The molecule has 142 valence electrons. The van der Waals surface area contributed by atoms with E-state index >= 15 is 0 Å². The van der Waals surface area contributed by atoms with Crippen LogP contribution in [-0.2, 0) is 20.6 Å². The molecule has 0 heterocycles. The lowest BCUT2D eigenvalue weighted by molar-refractivity contribution is -0.187. The fraction of sp³-hybridized carbons (Fsp3) is 0.364. The number of hydrogen-bond acceptors (Lipinski definition) is 4. The van der Waals surface area contributed by atoms with Crippen LogP contribution in [0.4, 0.5) is 0 Å². The Morgan fingerprint density at radius 2 is 0.852 bits per heavy atom. The molecule has 0 aliphatic heterocycles. The zero-order chi connectivity index (χ0) is 19.5. The normalized spacial score (nSPS) is 11.3. The van der Waals surface area contributed by atoms with Crippen molar-refractivity contribution in [2.24, 2.45) is 0 Å². The van der Waals surface area contributed by atoms with Crippen LogP contribution >= 0.6 is 0 Å². The van der Waals surface area contributed by atoms with Gasteiger partial charge in [0.1, 0.15) is 0 Å². The first-order valence-corrected chi connectivity index (χ1v) is 8.63. The molecule has 2 aromatic rings. The van der Waals surface area contributed by atoms with Gasteiger partial charge >= 0.3 is 11.9 Å². The predicted octanol–water partition coefficient (Wildman–Crippen LogP) is 4.83. The summed E-state index contributed by atoms with van der Waals surface area (Å²) in [5.41, 5.74) is 2.85. The van der Waals surface area contributed by atoms with Gasteiger partial charge in [-0.3, -0.25) is 0 Å². The molecule has 27 heavy (non-hydrogen) atoms. The lowest BCUT2D eigenvalue weighted by Crippen LogP contribution is -2.14. The molecule has 5 heteroatoms. The van der Waals surface area contributed by atoms with Gasteiger partial charge in [0.2, 0.25) is 0 Å². The number of carbonyl (C=O) groups is 2. The highest BCUT2D eigenvalue weighted by Gasteiger charge is 2.18. The van der Waals surface area contributed by atoms with Crippen molar-refractivity contribution in [2.75, 3.05) is 0 Å². The number of carbonyl (C=O) groups excluding carboxylic acids is 2. The Hall–Kier alpha value is -2.40. The quantitative estimate of drug-likeness (QED) is 0.424. The van der Waals surface area contributed by atoms with Crippen LogP contribution < -0.4 is 0 Å². The standard InChI is InChI=1S/C22H26O4.Si/c1-21(2,3)17-11-7-15(8-12-17)19(23)25-26-20(24)16-9-13-18(14-10-16)22(4,5)6;/h7-14H,1-6H3;. The maximum Gasteiger partial charge on any atom is 0.386 e. The fourth-order valence-electron chi connectivity index (χ4n) is 2.38. The Morgan fingerprint density at radius 1 is 0.593 bits per heavy atom. The van der Waals surface area contributed by atoms with Gasteiger partial charge in [-0.25, -0.2) is 19.4 Å². The summed E-state index contributed by atoms with van der Waals surface area (Å²) in [6.07, 6.45) is 0. The molecule has 2 aromatic carbocycles. The highest BCUT2D eigenvalue weighted by atomic mass is 28.1. The fourth-order valence-corrected chi connectivity index (χ4v) is 2.38. The smallest absolute Gasteiger partial charge is 0.242 e. The molecule has 0 spiro atoms. The topological polar surface area (TPSA) is 52.6 Å². The third-order valence-electron chi connectivity index (χ3n) is 4.17. The van der Waals surface area contributed by atoms with Crippen LogP contribution in [0.15, 0.2) is 48.5 Å². The second-order valence-corrected chi connectivity index (χ2v) is 8.40. The maximum absolute atomic E-state index is 12.0. The van der Waals surface area contributed by atoms with E-state index in [0.717, 1.165) is 11.1 Å². The SMILES string of the molecule is CC(C)(C)c1ccc(C(=O)OOC(=O)c2ccc(C(C)(C)C)cc2)cc1.[Si]. The summed E-state index contributed by atoms with van der Waals surface area (Å²) in [7, 11) is 0. The molecule has 4 nitrogen and oxygen atoms in total. The minimum absolute atomic E-state index is 0. The monoisotopic (exact) mass is 382 g/mol. The van der Waals surface area contributed by atoms with Gasteiger partial charge in [0.15, 0.2) is 0 Å². The molecule has 0 unspecified atom stereocenters. The molecule has 2 rings (SSSR count). The minimum atomic E-state index is -0.704. The molecule has 0 N–H and O–H groups in total. The highest BCUT2D eigenvalue weighted by Crippen LogP contribution is 2.23. The van der Waals surface area contributed by atoms with E-state index in [-0.39, 0.29) is 21.8 Å². The maximum atomic E-state index is 12.0. The van der Waals surface area contributed by atoms with Crippen molar-refractivity contribution in [3.05, 3.63) is 70.8 Å². The highest BCUT2D eigenvalue weighted by molar-refractivity contribution is 5.92. The van der Waals surface area contributed by atoms with Crippen molar-refractivity contribution in [1.82, 2.24) is 0 Å². The van der Waals surface area contributed by atoms with Crippen LogP contribution in [0.3, 0.4) is 0 Å². The molecule has 0 atom stereocenters.